The fraction of sp³-hybridized carbons (Fsp3) is 0.600. The minimum absolute atomic E-state index is 0.193. The molecule has 0 aromatic heterocycles. The first-order valence-corrected chi connectivity index (χ1v) is 10.6. The summed E-state index contributed by atoms with van der Waals surface area (Å²) in [5, 5.41) is 0. The van der Waals surface area contributed by atoms with Crippen molar-refractivity contribution in [2.75, 3.05) is 0 Å². The molecule has 2 fully saturated rings. The van der Waals surface area contributed by atoms with Gasteiger partial charge < -0.3 is 4.74 Å². The molecular weight excluding hydrogens is 352 g/mol. The lowest BCUT2D eigenvalue weighted by atomic mass is 9.55. The average Bonchev–Trinajstić information content (AvgIpc) is 2.90. The Bertz CT molecular complexity index is 855. The molecule has 0 unspecified atom stereocenters. The van der Waals surface area contributed by atoms with Crippen molar-refractivity contribution in [2.45, 2.75) is 57.5 Å². The molecule has 6 heteroatoms. The number of hydrogen-bond acceptors (Lipinski definition) is 4. The topological polar surface area (TPSA) is 72.8 Å². The molecular formula is C20H24O5S. The lowest BCUT2D eigenvalue weighted by Gasteiger charge is -2.50. The number of benzene rings is 1. The number of aryl methyl sites for hydroxylation is 1. The van der Waals surface area contributed by atoms with Crippen molar-refractivity contribution in [1.29, 1.82) is 0 Å². The Balaban J connectivity index is 1.60. The lowest BCUT2D eigenvalue weighted by molar-refractivity contribution is -0.0121. The Kier molecular flexibility index (Phi) is 4.30. The van der Waals surface area contributed by atoms with E-state index in [4.69, 9.17) is 19.9 Å². The van der Waals surface area contributed by atoms with Crippen LogP contribution < -0.4 is 4.74 Å². The second-order valence-corrected chi connectivity index (χ2v) is 9.18. The molecule has 1 aromatic rings. The van der Waals surface area contributed by atoms with Gasteiger partial charge in [0.15, 0.2) is 0 Å². The van der Waals surface area contributed by atoms with E-state index in [0.29, 0.717) is 29.9 Å². The van der Waals surface area contributed by atoms with Gasteiger partial charge in [-0.1, -0.05) is 19.4 Å². The van der Waals surface area contributed by atoms with Crippen LogP contribution in [-0.2, 0) is 21.0 Å². The molecule has 2 saturated carbocycles. The van der Waals surface area contributed by atoms with Gasteiger partial charge in [0.25, 0.3) is 0 Å². The molecule has 5 atom stereocenters. The number of hydrogen-bond donors (Lipinski definition) is 1. The monoisotopic (exact) mass is 376 g/mol. The van der Waals surface area contributed by atoms with Crippen molar-refractivity contribution >= 4 is 10.4 Å². The maximum atomic E-state index is 11.2. The maximum absolute atomic E-state index is 11.2. The molecule has 140 valence electrons. The van der Waals surface area contributed by atoms with Crippen LogP contribution in [0.1, 0.15) is 56.1 Å². The molecule has 0 aliphatic heterocycles. The molecule has 0 radical (unpaired) electrons. The molecule has 1 aromatic carbocycles. The van der Waals surface area contributed by atoms with Gasteiger partial charge in [-0.3, -0.25) is 4.55 Å². The van der Waals surface area contributed by atoms with Crippen LogP contribution in [0.4, 0.5) is 0 Å². The first-order chi connectivity index (χ1) is 12.3. The van der Waals surface area contributed by atoms with Crippen molar-refractivity contribution in [3.63, 3.8) is 0 Å². The van der Waals surface area contributed by atoms with Gasteiger partial charge in [0.1, 0.15) is 11.9 Å². The highest BCUT2D eigenvalue weighted by molar-refractivity contribution is 7.80. The molecule has 5 nitrogen and oxygen atoms in total. The third kappa shape index (κ3) is 2.92. The van der Waals surface area contributed by atoms with Crippen molar-refractivity contribution < 1.29 is 21.9 Å². The third-order valence-corrected chi connectivity index (χ3v) is 7.50. The predicted molar refractivity (Wildman–Crippen MR) is 96.9 cm³/mol. The maximum Gasteiger partial charge on any atom is 0.397 e. The van der Waals surface area contributed by atoms with Crippen LogP contribution in [0.3, 0.4) is 0 Å². The standard InChI is InChI=1S/C20H24O5S/c1-3-24-14-5-7-15-13(12-14)4-6-17-16(15)10-11-20(2)18(17)8-9-19(20)25-26(21,22)23/h1,5,7,12,16-19H,4,6,8-11H2,2H3,(H,21,22,23)/t16-,17-,18+,19+,20+/m1/s1. The van der Waals surface area contributed by atoms with Gasteiger partial charge in [0.2, 0.25) is 0 Å². The van der Waals surface area contributed by atoms with E-state index in [1.807, 2.05) is 6.07 Å². The SMILES string of the molecule is C#COc1ccc2c(c1)CC[C@@H]1[C@@H]2CC[C@]2(C)[C@@H](OS(=O)(=O)O)CC[C@@H]12. The largest absolute Gasteiger partial charge is 0.408 e. The van der Waals surface area contributed by atoms with Gasteiger partial charge in [-0.2, -0.15) is 8.42 Å². The fourth-order valence-electron chi connectivity index (χ4n) is 5.95. The van der Waals surface area contributed by atoms with Crippen LogP contribution in [0.5, 0.6) is 5.75 Å². The quantitative estimate of drug-likeness (QED) is 0.643. The third-order valence-electron chi connectivity index (χ3n) is 7.03. The van der Waals surface area contributed by atoms with E-state index in [9.17, 15) is 8.42 Å². The van der Waals surface area contributed by atoms with Gasteiger partial charge in [0.05, 0.1) is 6.10 Å². The van der Waals surface area contributed by atoms with Crippen molar-refractivity contribution in [1.82, 2.24) is 0 Å². The molecule has 0 spiro atoms. The summed E-state index contributed by atoms with van der Waals surface area (Å²) >= 11 is 0. The minimum Gasteiger partial charge on any atom is -0.408 e. The zero-order valence-corrected chi connectivity index (χ0v) is 15.7. The molecule has 1 N–H and O–H groups in total. The average molecular weight is 376 g/mol. The van der Waals surface area contributed by atoms with Crippen molar-refractivity contribution in [3.8, 4) is 18.3 Å². The van der Waals surface area contributed by atoms with Crippen LogP contribution in [0, 0.1) is 29.8 Å². The Morgan fingerprint density at radius 2 is 2.08 bits per heavy atom. The van der Waals surface area contributed by atoms with Gasteiger partial charge in [-0.15, -0.1) is 0 Å². The summed E-state index contributed by atoms with van der Waals surface area (Å²) < 4.78 is 41.9. The fourth-order valence-corrected chi connectivity index (χ4v) is 6.56. The zero-order chi connectivity index (χ0) is 18.5. The Labute approximate surface area is 155 Å². The number of rotatable bonds is 3. The Morgan fingerprint density at radius 3 is 2.81 bits per heavy atom. The van der Waals surface area contributed by atoms with Crippen LogP contribution >= 0.6 is 0 Å². The van der Waals surface area contributed by atoms with Crippen LogP contribution in [-0.4, -0.2) is 19.1 Å². The number of fused-ring (bicyclic) bond motifs is 5. The van der Waals surface area contributed by atoms with Crippen LogP contribution in [0.2, 0.25) is 0 Å². The molecule has 26 heavy (non-hydrogen) atoms. The van der Waals surface area contributed by atoms with E-state index >= 15 is 0 Å². The lowest BCUT2D eigenvalue weighted by Crippen LogP contribution is -2.45. The second-order valence-electron chi connectivity index (χ2n) is 8.13. The second kappa shape index (κ2) is 6.26. The zero-order valence-electron chi connectivity index (χ0n) is 14.8. The first kappa shape index (κ1) is 17.8. The van der Waals surface area contributed by atoms with Crippen molar-refractivity contribution in [2.24, 2.45) is 17.3 Å². The summed E-state index contributed by atoms with van der Waals surface area (Å²) in [5.41, 5.74) is 2.50. The summed E-state index contributed by atoms with van der Waals surface area (Å²) in [5.74, 6) is 2.15. The molecule has 0 bridgehead atoms. The van der Waals surface area contributed by atoms with Gasteiger partial charge in [0, 0.05) is 0 Å². The van der Waals surface area contributed by atoms with Crippen LogP contribution in [0.25, 0.3) is 0 Å². The predicted octanol–water partition coefficient (Wildman–Crippen LogP) is 3.70. The van der Waals surface area contributed by atoms with E-state index < -0.39 is 16.5 Å². The highest BCUT2D eigenvalue weighted by Gasteiger charge is 2.56. The molecule has 3 aliphatic rings. The summed E-state index contributed by atoms with van der Waals surface area (Å²) in [7, 11) is -4.41. The Morgan fingerprint density at radius 1 is 1.27 bits per heavy atom. The molecule has 4 rings (SSSR count). The van der Waals surface area contributed by atoms with E-state index in [-0.39, 0.29) is 5.41 Å². The van der Waals surface area contributed by atoms with Crippen LogP contribution in [0.15, 0.2) is 18.2 Å². The Hall–Kier alpha value is -1.55. The highest BCUT2D eigenvalue weighted by atomic mass is 32.3. The smallest absolute Gasteiger partial charge is 0.397 e. The van der Waals surface area contributed by atoms with E-state index in [1.54, 1.807) is 0 Å². The van der Waals surface area contributed by atoms with E-state index in [2.05, 4.69) is 25.2 Å². The molecule has 0 heterocycles. The first-order valence-electron chi connectivity index (χ1n) is 9.23. The molecule has 0 saturated heterocycles. The van der Waals surface area contributed by atoms with Gasteiger partial charge >= 0.3 is 10.4 Å². The highest BCUT2D eigenvalue weighted by Crippen LogP contribution is 2.61. The van der Waals surface area contributed by atoms with E-state index in [0.717, 1.165) is 32.1 Å². The summed E-state index contributed by atoms with van der Waals surface area (Å²) in [6, 6.07) is 6.13. The summed E-state index contributed by atoms with van der Waals surface area (Å²) in [6.45, 7) is 2.14. The number of terminal acetylenes is 1. The number of ether oxygens (including phenoxy) is 1. The van der Waals surface area contributed by atoms with Crippen molar-refractivity contribution in [3.05, 3.63) is 29.3 Å². The summed E-state index contributed by atoms with van der Waals surface area (Å²) in [6.07, 6.45) is 12.6. The normalized spacial score (nSPS) is 35.7. The summed E-state index contributed by atoms with van der Waals surface area (Å²) in [4.78, 5) is 0. The molecule has 0 amide bonds. The minimum atomic E-state index is -4.41. The van der Waals surface area contributed by atoms with Gasteiger partial charge in [-0.25, -0.2) is 4.18 Å². The molecule has 3 aliphatic carbocycles. The van der Waals surface area contributed by atoms with Gasteiger partial charge in [-0.05, 0) is 85.0 Å². The van der Waals surface area contributed by atoms with E-state index in [1.165, 1.54) is 11.1 Å².